The number of carboxylic acids is 1. The molecule has 0 fully saturated rings. The van der Waals surface area contributed by atoms with Gasteiger partial charge in [-0.3, -0.25) is 4.79 Å². The van der Waals surface area contributed by atoms with E-state index in [1.54, 1.807) is 0 Å². The van der Waals surface area contributed by atoms with Gasteiger partial charge < -0.3 is 10.0 Å². The van der Waals surface area contributed by atoms with Crippen LogP contribution in [0.5, 0.6) is 0 Å². The molecule has 0 saturated carbocycles. The molecular weight excluding hydrogens is 275 g/mol. The second-order valence-corrected chi connectivity index (χ2v) is 4.35. The summed E-state index contributed by atoms with van der Waals surface area (Å²) in [4.78, 5) is 23.5. The molecule has 0 bridgehead atoms. The Kier molecular flexibility index (Phi) is 4.75. The van der Waals surface area contributed by atoms with E-state index in [1.165, 1.54) is 32.2 Å². The Morgan fingerprint density at radius 2 is 1.85 bits per heavy atom. The van der Waals surface area contributed by atoms with Gasteiger partial charge in [0, 0.05) is 7.05 Å². The summed E-state index contributed by atoms with van der Waals surface area (Å²) >= 11 is 0. The summed E-state index contributed by atoms with van der Waals surface area (Å²) in [6.07, 6.45) is -5.04. The average Bonchev–Trinajstić information content (AvgIpc) is 2.36. The largest absolute Gasteiger partial charge is 0.480 e. The van der Waals surface area contributed by atoms with Gasteiger partial charge in [-0.2, -0.15) is 13.2 Å². The van der Waals surface area contributed by atoms with Crippen LogP contribution in [0.2, 0.25) is 0 Å². The lowest BCUT2D eigenvalue weighted by atomic mass is 10.0. The molecule has 0 heterocycles. The smallest absolute Gasteiger partial charge is 0.416 e. The first kappa shape index (κ1) is 16.0. The van der Waals surface area contributed by atoms with Crippen LogP contribution in [0.3, 0.4) is 0 Å². The molecule has 0 aromatic heterocycles. The van der Waals surface area contributed by atoms with Gasteiger partial charge in [0.2, 0.25) is 5.91 Å². The normalized spacial score (nSPS) is 12.8. The standard InChI is InChI=1S/C13H14F3NO3/c1-8(12(19)20)17(2)11(18)7-9-5-3-4-6-10(9)13(14,15)16/h3-6,8H,7H2,1-2H3,(H,19,20). The van der Waals surface area contributed by atoms with E-state index in [0.29, 0.717) is 0 Å². The summed E-state index contributed by atoms with van der Waals surface area (Å²) in [5, 5.41) is 8.78. The Labute approximate surface area is 113 Å². The molecule has 1 amide bonds. The van der Waals surface area contributed by atoms with E-state index < -0.39 is 36.1 Å². The molecule has 20 heavy (non-hydrogen) atoms. The quantitative estimate of drug-likeness (QED) is 0.924. The van der Waals surface area contributed by atoms with Crippen molar-refractivity contribution in [3.63, 3.8) is 0 Å². The number of amides is 1. The van der Waals surface area contributed by atoms with Crippen molar-refractivity contribution in [2.24, 2.45) is 0 Å². The summed E-state index contributed by atoms with van der Waals surface area (Å²) in [6.45, 7) is 1.29. The van der Waals surface area contributed by atoms with E-state index in [4.69, 9.17) is 5.11 Å². The molecule has 1 atom stereocenters. The molecule has 110 valence electrons. The summed E-state index contributed by atoms with van der Waals surface area (Å²) in [7, 11) is 1.25. The molecule has 0 spiro atoms. The average molecular weight is 289 g/mol. The van der Waals surface area contributed by atoms with Crippen molar-refractivity contribution >= 4 is 11.9 Å². The van der Waals surface area contributed by atoms with Crippen molar-refractivity contribution in [1.29, 1.82) is 0 Å². The maximum atomic E-state index is 12.8. The molecule has 7 heteroatoms. The van der Waals surface area contributed by atoms with Crippen molar-refractivity contribution in [2.45, 2.75) is 25.6 Å². The van der Waals surface area contributed by atoms with Gasteiger partial charge in [0.1, 0.15) is 6.04 Å². The molecule has 1 unspecified atom stereocenters. The first-order valence-electron chi connectivity index (χ1n) is 5.78. The maximum Gasteiger partial charge on any atom is 0.416 e. The molecular formula is C13H14F3NO3. The fourth-order valence-corrected chi connectivity index (χ4v) is 1.62. The zero-order valence-electron chi connectivity index (χ0n) is 10.9. The molecule has 1 rings (SSSR count). The Morgan fingerprint density at radius 3 is 2.35 bits per heavy atom. The van der Waals surface area contributed by atoms with E-state index in [2.05, 4.69) is 0 Å². The minimum Gasteiger partial charge on any atom is -0.480 e. The van der Waals surface area contributed by atoms with E-state index >= 15 is 0 Å². The lowest BCUT2D eigenvalue weighted by molar-refractivity contribution is -0.148. The van der Waals surface area contributed by atoms with Crippen LogP contribution in [0.15, 0.2) is 24.3 Å². The lowest BCUT2D eigenvalue weighted by Crippen LogP contribution is -2.41. The molecule has 0 aliphatic rings. The fraction of sp³-hybridized carbons (Fsp3) is 0.385. The first-order valence-corrected chi connectivity index (χ1v) is 5.78. The highest BCUT2D eigenvalue weighted by molar-refractivity contribution is 5.84. The zero-order valence-corrected chi connectivity index (χ0v) is 10.9. The molecule has 0 aliphatic carbocycles. The zero-order chi connectivity index (χ0) is 15.5. The van der Waals surface area contributed by atoms with Gasteiger partial charge in [-0.1, -0.05) is 18.2 Å². The number of carboxylic acid groups (broad SMARTS) is 1. The number of hydrogen-bond donors (Lipinski definition) is 1. The van der Waals surface area contributed by atoms with Crippen LogP contribution < -0.4 is 0 Å². The summed E-state index contributed by atoms with van der Waals surface area (Å²) in [6, 6.07) is 3.64. The number of alkyl halides is 3. The van der Waals surface area contributed by atoms with Gasteiger partial charge >= 0.3 is 12.1 Å². The number of benzene rings is 1. The number of nitrogens with zero attached hydrogens (tertiary/aromatic N) is 1. The summed E-state index contributed by atoms with van der Waals surface area (Å²) < 4.78 is 38.3. The van der Waals surface area contributed by atoms with Gasteiger partial charge in [-0.15, -0.1) is 0 Å². The van der Waals surface area contributed by atoms with E-state index in [9.17, 15) is 22.8 Å². The highest BCUT2D eigenvalue weighted by Gasteiger charge is 2.34. The van der Waals surface area contributed by atoms with Crippen molar-refractivity contribution in [3.05, 3.63) is 35.4 Å². The fourth-order valence-electron chi connectivity index (χ4n) is 1.62. The highest BCUT2D eigenvalue weighted by atomic mass is 19.4. The third-order valence-corrected chi connectivity index (χ3v) is 3.00. The third-order valence-electron chi connectivity index (χ3n) is 3.00. The van der Waals surface area contributed by atoms with Crippen molar-refractivity contribution in [1.82, 2.24) is 4.90 Å². The minimum absolute atomic E-state index is 0.172. The van der Waals surface area contributed by atoms with Gasteiger partial charge in [0.15, 0.2) is 0 Å². The second kappa shape index (κ2) is 5.94. The predicted octanol–water partition coefficient (Wildman–Crippen LogP) is 2.18. The van der Waals surface area contributed by atoms with Crippen LogP contribution in [-0.2, 0) is 22.2 Å². The molecule has 0 saturated heterocycles. The Bertz CT molecular complexity index is 514. The first-order chi connectivity index (χ1) is 9.14. The van der Waals surface area contributed by atoms with Crippen molar-refractivity contribution in [2.75, 3.05) is 7.05 Å². The van der Waals surface area contributed by atoms with E-state index in [0.717, 1.165) is 11.0 Å². The topological polar surface area (TPSA) is 57.6 Å². The van der Waals surface area contributed by atoms with Crippen LogP contribution in [0.4, 0.5) is 13.2 Å². The highest BCUT2D eigenvalue weighted by Crippen LogP contribution is 2.32. The number of rotatable bonds is 4. The molecule has 1 aromatic carbocycles. The Hall–Kier alpha value is -2.05. The number of likely N-dealkylation sites (N-methyl/N-ethyl adjacent to an activating group) is 1. The van der Waals surface area contributed by atoms with Crippen molar-refractivity contribution in [3.8, 4) is 0 Å². The lowest BCUT2D eigenvalue weighted by Gasteiger charge is -2.22. The number of halogens is 3. The van der Waals surface area contributed by atoms with E-state index in [1.807, 2.05) is 0 Å². The van der Waals surface area contributed by atoms with Crippen LogP contribution in [0.1, 0.15) is 18.1 Å². The Morgan fingerprint density at radius 1 is 1.30 bits per heavy atom. The van der Waals surface area contributed by atoms with Crippen LogP contribution >= 0.6 is 0 Å². The number of carbonyl (C=O) groups is 2. The predicted molar refractivity (Wildman–Crippen MR) is 65.0 cm³/mol. The molecule has 1 aromatic rings. The third kappa shape index (κ3) is 3.72. The van der Waals surface area contributed by atoms with Crippen molar-refractivity contribution < 1.29 is 27.9 Å². The Balaban J connectivity index is 2.95. The summed E-state index contributed by atoms with van der Waals surface area (Å²) in [5.74, 6) is -1.90. The van der Waals surface area contributed by atoms with Gasteiger partial charge in [-0.25, -0.2) is 4.79 Å². The maximum absolute atomic E-state index is 12.8. The van der Waals surface area contributed by atoms with E-state index in [-0.39, 0.29) is 5.56 Å². The van der Waals surface area contributed by atoms with Gasteiger partial charge in [-0.05, 0) is 18.6 Å². The van der Waals surface area contributed by atoms with Gasteiger partial charge in [0.25, 0.3) is 0 Å². The number of aliphatic carboxylic acids is 1. The van der Waals surface area contributed by atoms with Crippen LogP contribution in [-0.4, -0.2) is 35.0 Å². The summed E-state index contributed by atoms with van der Waals surface area (Å²) in [5.41, 5.74) is -1.06. The number of hydrogen-bond acceptors (Lipinski definition) is 2. The van der Waals surface area contributed by atoms with Crippen LogP contribution in [0.25, 0.3) is 0 Å². The molecule has 0 radical (unpaired) electrons. The monoisotopic (exact) mass is 289 g/mol. The second-order valence-electron chi connectivity index (χ2n) is 4.35. The SMILES string of the molecule is CC(C(=O)O)N(C)C(=O)Cc1ccccc1C(F)(F)F. The van der Waals surface area contributed by atoms with Crippen LogP contribution in [0, 0.1) is 0 Å². The molecule has 1 N–H and O–H groups in total. The number of carbonyl (C=O) groups excluding carboxylic acids is 1. The minimum atomic E-state index is -4.55. The molecule has 0 aliphatic heterocycles. The van der Waals surface area contributed by atoms with Gasteiger partial charge in [0.05, 0.1) is 12.0 Å². The molecule has 4 nitrogen and oxygen atoms in total.